The highest BCUT2D eigenvalue weighted by Crippen LogP contribution is 2.29. The number of aliphatic hydroxyl groups excluding tert-OH is 1. The first-order valence-electron chi connectivity index (χ1n) is 3.94. The molecule has 0 aromatic carbocycles. The Morgan fingerprint density at radius 2 is 2.10 bits per heavy atom. The number of hydrogen-bond acceptors (Lipinski definition) is 2. The first-order chi connectivity index (χ1) is 4.61. The van der Waals surface area contributed by atoms with Crippen molar-refractivity contribution >= 4 is 0 Å². The number of rotatable bonds is 1. The average Bonchev–Trinajstić information content (AvgIpc) is 2.10. The minimum Gasteiger partial charge on any atom is -0.368 e. The van der Waals surface area contributed by atoms with Gasteiger partial charge in [0.1, 0.15) is 0 Å². The van der Waals surface area contributed by atoms with E-state index in [1.807, 2.05) is 0 Å². The molecule has 1 aliphatic heterocycles. The normalized spacial score (nSPS) is 41.1. The van der Waals surface area contributed by atoms with Crippen molar-refractivity contribution in [3.8, 4) is 0 Å². The summed E-state index contributed by atoms with van der Waals surface area (Å²) in [6.45, 7) is 6.37. The van der Waals surface area contributed by atoms with E-state index < -0.39 is 6.29 Å². The van der Waals surface area contributed by atoms with E-state index in [2.05, 4.69) is 20.8 Å². The second-order valence-electron chi connectivity index (χ2n) is 3.51. The molecular weight excluding hydrogens is 128 g/mol. The van der Waals surface area contributed by atoms with Crippen molar-refractivity contribution in [2.24, 2.45) is 11.8 Å². The minimum absolute atomic E-state index is 0.259. The summed E-state index contributed by atoms with van der Waals surface area (Å²) in [5.41, 5.74) is 0. The number of ether oxygens (including phenoxy) is 1. The largest absolute Gasteiger partial charge is 0.368 e. The summed E-state index contributed by atoms with van der Waals surface area (Å²) < 4.78 is 5.29. The van der Waals surface area contributed by atoms with E-state index in [1.54, 1.807) is 0 Å². The predicted octanol–water partition coefficient (Wildman–Crippen LogP) is 1.39. The van der Waals surface area contributed by atoms with Crippen molar-refractivity contribution in [1.82, 2.24) is 0 Å². The maximum atomic E-state index is 9.10. The molecule has 2 heteroatoms. The molecule has 0 spiro atoms. The molecule has 2 nitrogen and oxygen atoms in total. The molecular formula is C8H16O2. The third-order valence-corrected chi connectivity index (χ3v) is 2.11. The zero-order chi connectivity index (χ0) is 7.72. The summed E-state index contributed by atoms with van der Waals surface area (Å²) in [4.78, 5) is 0. The molecule has 1 saturated heterocycles. The van der Waals surface area contributed by atoms with E-state index in [0.717, 1.165) is 6.42 Å². The fourth-order valence-corrected chi connectivity index (χ4v) is 1.64. The highest BCUT2D eigenvalue weighted by molar-refractivity contribution is 4.76. The van der Waals surface area contributed by atoms with Crippen molar-refractivity contribution in [2.45, 2.75) is 39.6 Å². The van der Waals surface area contributed by atoms with E-state index in [4.69, 9.17) is 9.84 Å². The Kier molecular flexibility index (Phi) is 2.32. The molecule has 1 fully saturated rings. The van der Waals surface area contributed by atoms with Gasteiger partial charge in [-0.1, -0.05) is 20.8 Å². The fourth-order valence-electron chi connectivity index (χ4n) is 1.64. The molecule has 0 aromatic heterocycles. The topological polar surface area (TPSA) is 29.5 Å². The number of aliphatic hydroxyl groups is 1. The van der Waals surface area contributed by atoms with Crippen LogP contribution in [0, 0.1) is 11.8 Å². The third kappa shape index (κ3) is 1.50. The molecule has 0 saturated carbocycles. The molecule has 1 rings (SSSR count). The third-order valence-electron chi connectivity index (χ3n) is 2.11. The van der Waals surface area contributed by atoms with Gasteiger partial charge in [-0.25, -0.2) is 0 Å². The van der Waals surface area contributed by atoms with Crippen LogP contribution in [-0.4, -0.2) is 17.5 Å². The molecule has 1 heterocycles. The van der Waals surface area contributed by atoms with Gasteiger partial charge in [-0.05, 0) is 11.8 Å². The maximum Gasteiger partial charge on any atom is 0.155 e. The Hall–Kier alpha value is -0.0800. The summed E-state index contributed by atoms with van der Waals surface area (Å²) in [5.74, 6) is 1.03. The summed E-state index contributed by atoms with van der Waals surface area (Å²) in [5, 5.41) is 9.10. The van der Waals surface area contributed by atoms with Crippen LogP contribution in [0.5, 0.6) is 0 Å². The van der Waals surface area contributed by atoms with Crippen LogP contribution in [0.3, 0.4) is 0 Å². The Labute approximate surface area is 62.2 Å². The Morgan fingerprint density at radius 1 is 1.50 bits per heavy atom. The summed E-state index contributed by atoms with van der Waals surface area (Å²) in [7, 11) is 0. The van der Waals surface area contributed by atoms with Gasteiger partial charge >= 0.3 is 0 Å². The van der Waals surface area contributed by atoms with Crippen molar-refractivity contribution in [1.29, 1.82) is 0 Å². The molecule has 10 heavy (non-hydrogen) atoms. The van der Waals surface area contributed by atoms with Crippen LogP contribution in [0.4, 0.5) is 0 Å². The molecule has 1 aliphatic rings. The Balaban J connectivity index is 2.46. The van der Waals surface area contributed by atoms with Gasteiger partial charge in [0.05, 0.1) is 6.10 Å². The van der Waals surface area contributed by atoms with Crippen LogP contribution < -0.4 is 0 Å². The van der Waals surface area contributed by atoms with Crippen LogP contribution in [0.1, 0.15) is 27.2 Å². The SMILES string of the molecule is CC(C)C1OC(O)CC1C. The molecule has 0 aliphatic carbocycles. The molecule has 3 unspecified atom stereocenters. The van der Waals surface area contributed by atoms with Crippen molar-refractivity contribution in [2.75, 3.05) is 0 Å². The van der Waals surface area contributed by atoms with Gasteiger partial charge in [-0.2, -0.15) is 0 Å². The summed E-state index contributed by atoms with van der Waals surface area (Å²) >= 11 is 0. The second kappa shape index (κ2) is 2.89. The molecule has 3 atom stereocenters. The molecule has 0 amide bonds. The first-order valence-corrected chi connectivity index (χ1v) is 3.94. The quantitative estimate of drug-likeness (QED) is 0.602. The lowest BCUT2D eigenvalue weighted by molar-refractivity contribution is -0.103. The zero-order valence-corrected chi connectivity index (χ0v) is 6.87. The standard InChI is InChI=1S/C8H16O2/c1-5(2)8-6(3)4-7(9)10-8/h5-9H,4H2,1-3H3. The van der Waals surface area contributed by atoms with Crippen molar-refractivity contribution in [3.05, 3.63) is 0 Å². The highest BCUT2D eigenvalue weighted by atomic mass is 16.6. The lowest BCUT2D eigenvalue weighted by Gasteiger charge is -2.17. The summed E-state index contributed by atoms with van der Waals surface area (Å²) in [6.07, 6.45) is 0.542. The van der Waals surface area contributed by atoms with Gasteiger partial charge in [-0.3, -0.25) is 0 Å². The summed E-state index contributed by atoms with van der Waals surface area (Å²) in [6, 6.07) is 0. The second-order valence-corrected chi connectivity index (χ2v) is 3.51. The van der Waals surface area contributed by atoms with Crippen LogP contribution in [0.25, 0.3) is 0 Å². The van der Waals surface area contributed by atoms with E-state index >= 15 is 0 Å². The fraction of sp³-hybridized carbons (Fsp3) is 1.00. The van der Waals surface area contributed by atoms with E-state index in [9.17, 15) is 0 Å². The Morgan fingerprint density at radius 3 is 2.30 bits per heavy atom. The monoisotopic (exact) mass is 144 g/mol. The van der Waals surface area contributed by atoms with Crippen LogP contribution in [0.2, 0.25) is 0 Å². The van der Waals surface area contributed by atoms with Crippen LogP contribution >= 0.6 is 0 Å². The number of hydrogen-bond donors (Lipinski definition) is 1. The van der Waals surface area contributed by atoms with Crippen molar-refractivity contribution < 1.29 is 9.84 Å². The molecule has 0 radical (unpaired) electrons. The van der Waals surface area contributed by atoms with Crippen LogP contribution in [0.15, 0.2) is 0 Å². The molecule has 0 bridgehead atoms. The minimum atomic E-state index is -0.512. The lowest BCUT2D eigenvalue weighted by atomic mass is 9.95. The smallest absolute Gasteiger partial charge is 0.155 e. The zero-order valence-electron chi connectivity index (χ0n) is 6.87. The van der Waals surface area contributed by atoms with E-state index in [0.29, 0.717) is 11.8 Å². The van der Waals surface area contributed by atoms with Gasteiger partial charge in [0, 0.05) is 6.42 Å². The highest BCUT2D eigenvalue weighted by Gasteiger charge is 2.32. The first kappa shape index (κ1) is 8.02. The van der Waals surface area contributed by atoms with Gasteiger partial charge in [0.25, 0.3) is 0 Å². The van der Waals surface area contributed by atoms with Gasteiger partial charge in [-0.15, -0.1) is 0 Å². The Bertz CT molecular complexity index is 112. The van der Waals surface area contributed by atoms with E-state index in [1.165, 1.54) is 0 Å². The van der Waals surface area contributed by atoms with Gasteiger partial charge in [0.15, 0.2) is 6.29 Å². The average molecular weight is 144 g/mol. The molecule has 60 valence electrons. The maximum absolute atomic E-state index is 9.10. The molecule has 1 N–H and O–H groups in total. The van der Waals surface area contributed by atoms with Crippen LogP contribution in [-0.2, 0) is 4.74 Å². The molecule has 0 aromatic rings. The van der Waals surface area contributed by atoms with Gasteiger partial charge in [0.2, 0.25) is 0 Å². The lowest BCUT2D eigenvalue weighted by Crippen LogP contribution is -2.20. The van der Waals surface area contributed by atoms with Gasteiger partial charge < -0.3 is 9.84 Å². The van der Waals surface area contributed by atoms with E-state index in [-0.39, 0.29) is 6.10 Å². The van der Waals surface area contributed by atoms with Crippen molar-refractivity contribution in [3.63, 3.8) is 0 Å². The predicted molar refractivity (Wildman–Crippen MR) is 39.5 cm³/mol.